The number of nitrogens with one attached hydrogen (secondary N) is 3. The summed E-state index contributed by atoms with van der Waals surface area (Å²) in [5.41, 5.74) is 4.89. The molecule has 3 N–H and O–H groups in total. The highest BCUT2D eigenvalue weighted by Crippen LogP contribution is 2.23. The van der Waals surface area contributed by atoms with Gasteiger partial charge in [0.25, 0.3) is 11.8 Å². The summed E-state index contributed by atoms with van der Waals surface area (Å²) < 4.78 is 0. The predicted octanol–water partition coefficient (Wildman–Crippen LogP) is 3.93. The molecular formula is C21H21N3O2. The van der Waals surface area contributed by atoms with Gasteiger partial charge in [-0.2, -0.15) is 0 Å². The summed E-state index contributed by atoms with van der Waals surface area (Å²) in [6.45, 7) is 4.07. The van der Waals surface area contributed by atoms with Crippen molar-refractivity contribution in [3.8, 4) is 0 Å². The molecule has 4 rings (SSSR count). The Morgan fingerprint density at radius 2 is 1.85 bits per heavy atom. The lowest BCUT2D eigenvalue weighted by molar-refractivity contribution is 0.0949. The van der Waals surface area contributed by atoms with Gasteiger partial charge in [0.1, 0.15) is 5.69 Å². The van der Waals surface area contributed by atoms with Crippen LogP contribution >= 0.6 is 0 Å². The maximum atomic E-state index is 12.6. The number of aromatic nitrogens is 1. The summed E-state index contributed by atoms with van der Waals surface area (Å²) in [5, 5.41) is 6.86. The fraction of sp³-hybridized carbons (Fsp3) is 0.238. The molecule has 0 atom stereocenters. The van der Waals surface area contributed by atoms with Crippen LogP contribution in [-0.2, 0) is 0 Å². The van der Waals surface area contributed by atoms with E-state index in [1.54, 1.807) is 24.3 Å². The third-order valence-electron chi connectivity index (χ3n) is 4.63. The quantitative estimate of drug-likeness (QED) is 0.669. The predicted molar refractivity (Wildman–Crippen MR) is 103 cm³/mol. The van der Waals surface area contributed by atoms with E-state index in [1.807, 2.05) is 26.0 Å². The topological polar surface area (TPSA) is 74.0 Å². The molecule has 1 heterocycles. The van der Waals surface area contributed by atoms with Gasteiger partial charge in [0, 0.05) is 28.2 Å². The molecule has 0 radical (unpaired) electrons. The molecule has 1 aliphatic rings. The van der Waals surface area contributed by atoms with Gasteiger partial charge in [-0.15, -0.1) is 0 Å². The second kappa shape index (κ2) is 6.33. The van der Waals surface area contributed by atoms with E-state index in [4.69, 9.17) is 0 Å². The first-order valence-corrected chi connectivity index (χ1v) is 8.82. The Labute approximate surface area is 151 Å². The average molecular weight is 347 g/mol. The van der Waals surface area contributed by atoms with E-state index in [9.17, 15) is 9.59 Å². The fourth-order valence-electron chi connectivity index (χ4n) is 3.15. The van der Waals surface area contributed by atoms with Crippen molar-refractivity contribution in [3.63, 3.8) is 0 Å². The summed E-state index contributed by atoms with van der Waals surface area (Å²) in [5.74, 6) is -0.321. The molecule has 3 aromatic rings. The molecule has 2 amide bonds. The third-order valence-corrected chi connectivity index (χ3v) is 4.63. The van der Waals surface area contributed by atoms with Crippen molar-refractivity contribution in [3.05, 3.63) is 64.8 Å². The second-order valence-corrected chi connectivity index (χ2v) is 7.01. The molecule has 1 aliphatic carbocycles. The molecule has 2 aromatic carbocycles. The van der Waals surface area contributed by atoms with E-state index in [0.717, 1.165) is 34.9 Å². The average Bonchev–Trinajstić information content (AvgIpc) is 3.30. The van der Waals surface area contributed by atoms with Gasteiger partial charge in [-0.3, -0.25) is 9.59 Å². The maximum absolute atomic E-state index is 12.6. The van der Waals surface area contributed by atoms with Crippen molar-refractivity contribution < 1.29 is 9.59 Å². The van der Waals surface area contributed by atoms with Crippen LogP contribution in [0.2, 0.25) is 0 Å². The molecule has 0 saturated heterocycles. The second-order valence-electron chi connectivity index (χ2n) is 7.01. The SMILES string of the molecule is Cc1cc(C)c2cc(C(=O)Nc3cccc(C(=O)NC4CC4)c3)[nH]c2c1. The fourth-order valence-corrected chi connectivity index (χ4v) is 3.15. The monoisotopic (exact) mass is 347 g/mol. The maximum Gasteiger partial charge on any atom is 0.272 e. The van der Waals surface area contributed by atoms with E-state index in [-0.39, 0.29) is 11.8 Å². The van der Waals surface area contributed by atoms with Crippen molar-refractivity contribution in [2.45, 2.75) is 32.7 Å². The summed E-state index contributed by atoms with van der Waals surface area (Å²) >= 11 is 0. The van der Waals surface area contributed by atoms with Gasteiger partial charge in [-0.25, -0.2) is 0 Å². The molecule has 132 valence electrons. The molecule has 0 bridgehead atoms. The number of fused-ring (bicyclic) bond motifs is 1. The zero-order valence-electron chi connectivity index (χ0n) is 14.8. The molecule has 5 heteroatoms. The van der Waals surface area contributed by atoms with Gasteiger partial charge in [0.05, 0.1) is 0 Å². The highest BCUT2D eigenvalue weighted by molar-refractivity contribution is 6.07. The molecule has 0 unspecified atom stereocenters. The third kappa shape index (κ3) is 3.33. The van der Waals surface area contributed by atoms with Crippen LogP contribution in [0.3, 0.4) is 0 Å². The lowest BCUT2D eigenvalue weighted by Gasteiger charge is -2.07. The van der Waals surface area contributed by atoms with Crippen molar-refractivity contribution >= 4 is 28.4 Å². The van der Waals surface area contributed by atoms with Crippen LogP contribution < -0.4 is 10.6 Å². The van der Waals surface area contributed by atoms with Crippen molar-refractivity contribution in [1.29, 1.82) is 0 Å². The number of aromatic amines is 1. The number of rotatable bonds is 4. The first-order chi connectivity index (χ1) is 12.5. The van der Waals surface area contributed by atoms with Crippen molar-refractivity contribution in [2.75, 3.05) is 5.32 Å². The van der Waals surface area contributed by atoms with Crippen molar-refractivity contribution in [2.24, 2.45) is 0 Å². The first-order valence-electron chi connectivity index (χ1n) is 8.82. The number of aryl methyl sites for hydroxylation is 2. The lowest BCUT2D eigenvalue weighted by atomic mass is 10.1. The Bertz CT molecular complexity index is 1020. The Hall–Kier alpha value is -3.08. The van der Waals surface area contributed by atoms with Crippen LogP contribution in [0.15, 0.2) is 42.5 Å². The first kappa shape index (κ1) is 16.4. The zero-order chi connectivity index (χ0) is 18.3. The molecule has 5 nitrogen and oxygen atoms in total. The number of carbonyl (C=O) groups is 2. The Balaban J connectivity index is 1.54. The number of hydrogen-bond donors (Lipinski definition) is 3. The van der Waals surface area contributed by atoms with Crippen molar-refractivity contribution in [1.82, 2.24) is 10.3 Å². The highest BCUT2D eigenvalue weighted by Gasteiger charge is 2.23. The number of amides is 2. The zero-order valence-corrected chi connectivity index (χ0v) is 14.8. The number of H-pyrrole nitrogens is 1. The van der Waals surface area contributed by atoms with Crippen LogP contribution in [0.25, 0.3) is 10.9 Å². The van der Waals surface area contributed by atoms with Crippen LogP contribution in [0.1, 0.15) is 44.8 Å². The minimum absolute atomic E-state index is 0.0969. The smallest absolute Gasteiger partial charge is 0.272 e. The normalized spacial score (nSPS) is 13.6. The molecular weight excluding hydrogens is 326 g/mol. The minimum atomic E-state index is -0.224. The number of anilines is 1. The highest BCUT2D eigenvalue weighted by atomic mass is 16.2. The Kier molecular flexibility index (Phi) is 3.99. The van der Waals surface area contributed by atoms with E-state index >= 15 is 0 Å². The standard InChI is InChI=1S/C21H21N3O2/c1-12-8-13(2)17-11-19(24-18(17)9-12)21(26)23-16-5-3-4-14(10-16)20(25)22-15-6-7-15/h3-5,8-11,15,24H,6-7H2,1-2H3,(H,22,25)(H,23,26). The number of benzene rings is 2. The van der Waals surface area contributed by atoms with Crippen LogP contribution in [0, 0.1) is 13.8 Å². The molecule has 1 fully saturated rings. The largest absolute Gasteiger partial charge is 0.351 e. The Morgan fingerprint density at radius 1 is 1.04 bits per heavy atom. The molecule has 0 spiro atoms. The van der Waals surface area contributed by atoms with E-state index in [0.29, 0.717) is 23.0 Å². The van der Waals surface area contributed by atoms with Gasteiger partial charge in [-0.1, -0.05) is 12.1 Å². The molecule has 1 saturated carbocycles. The van der Waals surface area contributed by atoms with Crippen LogP contribution in [0.4, 0.5) is 5.69 Å². The van der Waals surface area contributed by atoms with Crippen LogP contribution in [-0.4, -0.2) is 22.8 Å². The molecule has 0 aliphatic heterocycles. The lowest BCUT2D eigenvalue weighted by Crippen LogP contribution is -2.25. The van der Waals surface area contributed by atoms with E-state index in [2.05, 4.69) is 21.7 Å². The van der Waals surface area contributed by atoms with Gasteiger partial charge in [0.2, 0.25) is 0 Å². The van der Waals surface area contributed by atoms with Gasteiger partial charge in [-0.05, 0) is 68.1 Å². The molecule has 1 aromatic heterocycles. The summed E-state index contributed by atoms with van der Waals surface area (Å²) in [7, 11) is 0. The van der Waals surface area contributed by atoms with Gasteiger partial charge in [0.15, 0.2) is 0 Å². The summed E-state index contributed by atoms with van der Waals surface area (Å²) in [6.07, 6.45) is 2.09. The summed E-state index contributed by atoms with van der Waals surface area (Å²) in [6, 6.07) is 13.3. The van der Waals surface area contributed by atoms with E-state index < -0.39 is 0 Å². The van der Waals surface area contributed by atoms with E-state index in [1.165, 1.54) is 0 Å². The van der Waals surface area contributed by atoms with Gasteiger partial charge >= 0.3 is 0 Å². The van der Waals surface area contributed by atoms with Crippen LogP contribution in [0.5, 0.6) is 0 Å². The number of hydrogen-bond acceptors (Lipinski definition) is 2. The molecule has 26 heavy (non-hydrogen) atoms. The minimum Gasteiger partial charge on any atom is -0.351 e. The Morgan fingerprint density at radius 3 is 2.62 bits per heavy atom. The summed E-state index contributed by atoms with van der Waals surface area (Å²) in [4.78, 5) is 27.9. The van der Waals surface area contributed by atoms with Gasteiger partial charge < -0.3 is 15.6 Å². The number of carbonyl (C=O) groups excluding carboxylic acids is 2.